The number of piperidine rings is 1. The first kappa shape index (κ1) is 21.7. The molecule has 3 aromatic carbocycles. The fourth-order valence-electron chi connectivity index (χ4n) is 4.99. The Balaban J connectivity index is 1.50. The van der Waals surface area contributed by atoms with Crippen molar-refractivity contribution < 1.29 is 4.79 Å². The maximum absolute atomic E-state index is 12.1. The fraction of sp³-hybridized carbons (Fsp3) is 0.241. The second kappa shape index (κ2) is 9.82. The average Bonchev–Trinajstić information content (AvgIpc) is 3.31. The molecule has 1 aromatic heterocycles. The highest BCUT2D eigenvalue weighted by Gasteiger charge is 2.32. The maximum atomic E-state index is 12.1. The first-order chi connectivity index (χ1) is 16.2. The quantitative estimate of drug-likeness (QED) is 0.293. The smallest absolute Gasteiger partial charge is 0.137 e. The van der Waals surface area contributed by atoms with Gasteiger partial charge in [0.1, 0.15) is 6.29 Å². The van der Waals surface area contributed by atoms with E-state index >= 15 is 0 Å². The molecule has 0 spiro atoms. The van der Waals surface area contributed by atoms with E-state index in [1.54, 1.807) is 11.3 Å². The van der Waals surface area contributed by atoms with E-state index in [0.717, 1.165) is 48.4 Å². The zero-order valence-electron chi connectivity index (χ0n) is 18.9. The summed E-state index contributed by atoms with van der Waals surface area (Å²) in [7, 11) is 0. The standard InChI is InChI=1S/C29H28N2OS/c1-21-30-28(20-33-21)24-12-7-9-22(17-24)18-31-25(19-32)13-8-16-29(31)27-15-6-5-14-26(27)23-10-3-2-4-11-23/h2-7,9-12,14-15,17,19-20,25,29H,8,13,16,18H2,1H3. The number of aldehydes is 1. The molecule has 1 fully saturated rings. The van der Waals surface area contributed by atoms with Crippen molar-refractivity contribution in [2.75, 3.05) is 0 Å². The Morgan fingerprint density at radius 1 is 0.970 bits per heavy atom. The molecule has 0 aliphatic carbocycles. The van der Waals surface area contributed by atoms with Gasteiger partial charge in [0.05, 0.1) is 16.7 Å². The Hall–Kier alpha value is -3.08. The number of nitrogens with zero attached hydrogens (tertiary/aromatic N) is 2. The molecular formula is C29H28N2OS. The third-order valence-corrected chi connectivity index (χ3v) is 7.35. The van der Waals surface area contributed by atoms with Crippen LogP contribution in [-0.2, 0) is 11.3 Å². The van der Waals surface area contributed by atoms with Crippen LogP contribution < -0.4 is 0 Å². The summed E-state index contributed by atoms with van der Waals surface area (Å²) in [6, 6.07) is 28.0. The summed E-state index contributed by atoms with van der Waals surface area (Å²) in [5.74, 6) is 0. The molecule has 2 unspecified atom stereocenters. The minimum atomic E-state index is -0.0715. The molecule has 3 nitrogen and oxygen atoms in total. The van der Waals surface area contributed by atoms with Crippen LogP contribution in [0.15, 0.2) is 84.2 Å². The fourth-order valence-corrected chi connectivity index (χ4v) is 5.62. The van der Waals surface area contributed by atoms with Crippen molar-refractivity contribution in [2.24, 2.45) is 0 Å². The van der Waals surface area contributed by atoms with Gasteiger partial charge in [0.2, 0.25) is 0 Å². The van der Waals surface area contributed by atoms with Crippen LogP contribution in [0.2, 0.25) is 0 Å². The van der Waals surface area contributed by atoms with Gasteiger partial charge in [0.15, 0.2) is 0 Å². The molecule has 0 radical (unpaired) electrons. The first-order valence-electron chi connectivity index (χ1n) is 11.6. The van der Waals surface area contributed by atoms with E-state index < -0.39 is 0 Å². The molecule has 0 bridgehead atoms. The number of aryl methyl sites for hydroxylation is 1. The van der Waals surface area contributed by atoms with Gasteiger partial charge in [-0.05, 0) is 54.5 Å². The van der Waals surface area contributed by atoms with Crippen LogP contribution >= 0.6 is 11.3 Å². The lowest BCUT2D eigenvalue weighted by Gasteiger charge is -2.41. The second-order valence-corrected chi connectivity index (χ2v) is 9.79. The topological polar surface area (TPSA) is 33.2 Å². The summed E-state index contributed by atoms with van der Waals surface area (Å²) >= 11 is 1.67. The van der Waals surface area contributed by atoms with Gasteiger partial charge in [-0.2, -0.15) is 0 Å². The van der Waals surface area contributed by atoms with Gasteiger partial charge in [0, 0.05) is 23.5 Å². The van der Waals surface area contributed by atoms with Crippen LogP contribution in [-0.4, -0.2) is 22.2 Å². The SMILES string of the molecule is Cc1nc(-c2cccc(CN3C(C=O)CCCC3c3ccccc3-c3ccccc3)c2)cs1. The van der Waals surface area contributed by atoms with E-state index in [2.05, 4.69) is 94.1 Å². The Labute approximate surface area is 199 Å². The molecule has 4 aromatic rings. The maximum Gasteiger partial charge on any atom is 0.137 e. The van der Waals surface area contributed by atoms with E-state index in [1.807, 2.05) is 6.92 Å². The van der Waals surface area contributed by atoms with Gasteiger partial charge in [-0.1, -0.05) is 72.8 Å². The number of hydrogen-bond acceptors (Lipinski definition) is 4. The Morgan fingerprint density at radius 2 is 1.76 bits per heavy atom. The number of hydrogen-bond donors (Lipinski definition) is 0. The van der Waals surface area contributed by atoms with Gasteiger partial charge in [-0.3, -0.25) is 4.90 Å². The lowest BCUT2D eigenvalue weighted by molar-refractivity contribution is -0.115. The van der Waals surface area contributed by atoms with Crippen LogP contribution in [0.5, 0.6) is 0 Å². The van der Waals surface area contributed by atoms with Gasteiger partial charge >= 0.3 is 0 Å². The third kappa shape index (κ3) is 4.68. The molecule has 166 valence electrons. The van der Waals surface area contributed by atoms with Gasteiger partial charge in [-0.15, -0.1) is 11.3 Å². The van der Waals surface area contributed by atoms with Gasteiger partial charge < -0.3 is 4.79 Å². The molecule has 33 heavy (non-hydrogen) atoms. The van der Waals surface area contributed by atoms with Crippen LogP contribution in [0.3, 0.4) is 0 Å². The molecule has 5 rings (SSSR count). The van der Waals surface area contributed by atoms with Crippen molar-refractivity contribution in [3.8, 4) is 22.4 Å². The monoisotopic (exact) mass is 452 g/mol. The third-order valence-electron chi connectivity index (χ3n) is 6.57. The minimum Gasteiger partial charge on any atom is -0.302 e. The minimum absolute atomic E-state index is 0.0715. The zero-order chi connectivity index (χ0) is 22.6. The molecule has 0 amide bonds. The van der Waals surface area contributed by atoms with E-state index in [4.69, 9.17) is 0 Å². The number of rotatable bonds is 6. The summed E-state index contributed by atoms with van der Waals surface area (Å²) in [4.78, 5) is 19.2. The van der Waals surface area contributed by atoms with Crippen molar-refractivity contribution in [1.29, 1.82) is 0 Å². The molecule has 0 saturated carbocycles. The molecule has 1 aliphatic rings. The van der Waals surface area contributed by atoms with E-state index in [9.17, 15) is 4.79 Å². The van der Waals surface area contributed by atoms with Crippen LogP contribution in [0.4, 0.5) is 0 Å². The lowest BCUT2D eigenvalue weighted by Crippen LogP contribution is -2.42. The van der Waals surface area contributed by atoms with Crippen molar-refractivity contribution in [3.63, 3.8) is 0 Å². The summed E-state index contributed by atoms with van der Waals surface area (Å²) in [5.41, 5.74) is 7.16. The zero-order valence-corrected chi connectivity index (χ0v) is 19.7. The lowest BCUT2D eigenvalue weighted by atomic mass is 9.86. The molecular weight excluding hydrogens is 424 g/mol. The van der Waals surface area contributed by atoms with Crippen molar-refractivity contribution in [2.45, 2.75) is 44.8 Å². The van der Waals surface area contributed by atoms with Crippen LogP contribution in [0.25, 0.3) is 22.4 Å². The molecule has 2 heterocycles. The predicted octanol–water partition coefficient (Wildman–Crippen LogP) is 7.08. The van der Waals surface area contributed by atoms with Gasteiger partial charge in [-0.25, -0.2) is 4.98 Å². The number of likely N-dealkylation sites (tertiary alicyclic amines) is 1. The summed E-state index contributed by atoms with van der Waals surface area (Å²) in [5, 5.41) is 3.19. The molecule has 0 N–H and O–H groups in total. The highest BCUT2D eigenvalue weighted by atomic mass is 32.1. The first-order valence-corrected chi connectivity index (χ1v) is 12.5. The highest BCUT2D eigenvalue weighted by molar-refractivity contribution is 7.09. The Kier molecular flexibility index (Phi) is 6.47. The largest absolute Gasteiger partial charge is 0.302 e. The van der Waals surface area contributed by atoms with E-state index in [1.165, 1.54) is 22.3 Å². The van der Waals surface area contributed by atoms with Crippen molar-refractivity contribution >= 4 is 17.6 Å². The summed E-state index contributed by atoms with van der Waals surface area (Å²) < 4.78 is 0. The summed E-state index contributed by atoms with van der Waals surface area (Å²) in [6.07, 6.45) is 4.18. The normalized spacial score (nSPS) is 18.8. The molecule has 4 heteroatoms. The molecule has 1 aliphatic heterocycles. The summed E-state index contributed by atoms with van der Waals surface area (Å²) in [6.45, 7) is 2.78. The predicted molar refractivity (Wildman–Crippen MR) is 136 cm³/mol. The van der Waals surface area contributed by atoms with Crippen molar-refractivity contribution in [1.82, 2.24) is 9.88 Å². The Morgan fingerprint density at radius 3 is 2.55 bits per heavy atom. The molecule has 1 saturated heterocycles. The highest BCUT2D eigenvalue weighted by Crippen LogP contribution is 2.39. The van der Waals surface area contributed by atoms with Gasteiger partial charge in [0.25, 0.3) is 0 Å². The molecule has 2 atom stereocenters. The number of carbonyl (C=O) groups is 1. The van der Waals surface area contributed by atoms with Crippen LogP contribution in [0, 0.1) is 6.92 Å². The number of aromatic nitrogens is 1. The number of thiazole rings is 1. The van der Waals surface area contributed by atoms with Crippen LogP contribution in [0.1, 0.15) is 41.4 Å². The Bertz CT molecular complexity index is 1230. The second-order valence-electron chi connectivity index (χ2n) is 8.73. The number of benzene rings is 3. The van der Waals surface area contributed by atoms with Crippen molar-refractivity contribution in [3.05, 3.63) is 100 Å². The average molecular weight is 453 g/mol. The number of carbonyl (C=O) groups excluding carboxylic acids is 1. The van der Waals surface area contributed by atoms with E-state index in [0.29, 0.717) is 0 Å². The van der Waals surface area contributed by atoms with E-state index in [-0.39, 0.29) is 12.1 Å².